The molecule has 0 spiro atoms. The highest BCUT2D eigenvalue weighted by Crippen LogP contribution is 2.23. The maximum atomic E-state index is 12.2. The maximum Gasteiger partial charge on any atom is 0.257 e. The van der Waals surface area contributed by atoms with E-state index in [1.54, 1.807) is 12.1 Å². The first-order chi connectivity index (χ1) is 9.52. The molecule has 0 aliphatic heterocycles. The van der Waals surface area contributed by atoms with Gasteiger partial charge in [0.2, 0.25) is 0 Å². The molecule has 3 N–H and O–H groups in total. The fraction of sp³-hybridized carbons (Fsp3) is 0.188. The second kappa shape index (κ2) is 5.97. The van der Waals surface area contributed by atoms with Crippen LogP contribution in [-0.2, 0) is 6.42 Å². The fourth-order valence-electron chi connectivity index (χ4n) is 2.02. The van der Waals surface area contributed by atoms with Gasteiger partial charge >= 0.3 is 0 Å². The number of benzene rings is 2. The number of hydrogen-bond donors (Lipinski definition) is 2. The first kappa shape index (κ1) is 14.4. The van der Waals surface area contributed by atoms with Crippen molar-refractivity contribution in [3.63, 3.8) is 0 Å². The van der Waals surface area contributed by atoms with Crippen molar-refractivity contribution in [2.75, 3.05) is 11.1 Å². The number of nitrogens with two attached hydrogens (primary N) is 1. The summed E-state index contributed by atoms with van der Waals surface area (Å²) in [6.07, 6.45) is 0.865. The molecule has 0 aliphatic rings. The largest absolute Gasteiger partial charge is 0.398 e. The molecule has 0 atom stereocenters. The number of carbonyl (C=O) groups excluding carboxylic acids is 1. The lowest BCUT2D eigenvalue weighted by Gasteiger charge is -2.10. The molecule has 0 radical (unpaired) electrons. The Morgan fingerprint density at radius 1 is 1.30 bits per heavy atom. The van der Waals surface area contributed by atoms with Gasteiger partial charge in [0.25, 0.3) is 5.91 Å². The van der Waals surface area contributed by atoms with Crippen molar-refractivity contribution in [1.29, 1.82) is 0 Å². The summed E-state index contributed by atoms with van der Waals surface area (Å²) in [6.45, 7) is 3.91. The topological polar surface area (TPSA) is 55.1 Å². The smallest absolute Gasteiger partial charge is 0.257 e. The first-order valence-electron chi connectivity index (χ1n) is 6.47. The van der Waals surface area contributed by atoms with Gasteiger partial charge in [-0.2, -0.15) is 0 Å². The van der Waals surface area contributed by atoms with Gasteiger partial charge in [0.1, 0.15) is 0 Å². The number of rotatable bonds is 3. The third kappa shape index (κ3) is 2.94. The second-order valence-electron chi connectivity index (χ2n) is 4.66. The molecule has 2 rings (SSSR count). The number of nitrogen functional groups attached to an aromatic ring is 1. The van der Waals surface area contributed by atoms with E-state index in [9.17, 15) is 4.79 Å². The minimum atomic E-state index is -0.234. The number of carbonyl (C=O) groups is 1. The molecule has 0 aliphatic carbocycles. The van der Waals surface area contributed by atoms with Gasteiger partial charge in [-0.15, -0.1) is 0 Å². The van der Waals surface area contributed by atoms with Crippen LogP contribution in [0.3, 0.4) is 0 Å². The number of aryl methyl sites for hydroxylation is 2. The lowest BCUT2D eigenvalue weighted by atomic mass is 10.1. The summed E-state index contributed by atoms with van der Waals surface area (Å²) in [4.78, 5) is 12.2. The number of anilines is 2. The molecular formula is C16H17ClN2O. The van der Waals surface area contributed by atoms with Gasteiger partial charge in [-0.1, -0.05) is 36.7 Å². The van der Waals surface area contributed by atoms with E-state index in [1.807, 2.05) is 38.1 Å². The minimum Gasteiger partial charge on any atom is -0.398 e. The normalized spacial score (nSPS) is 10.3. The summed E-state index contributed by atoms with van der Waals surface area (Å²) in [6, 6.07) is 10.9. The van der Waals surface area contributed by atoms with Gasteiger partial charge in [0, 0.05) is 11.4 Å². The van der Waals surface area contributed by atoms with E-state index in [2.05, 4.69) is 5.32 Å². The zero-order chi connectivity index (χ0) is 14.7. The van der Waals surface area contributed by atoms with Gasteiger partial charge in [0.05, 0.1) is 10.6 Å². The average molecular weight is 289 g/mol. The summed E-state index contributed by atoms with van der Waals surface area (Å²) < 4.78 is 0. The molecule has 1 amide bonds. The third-order valence-electron chi connectivity index (χ3n) is 3.22. The highest BCUT2D eigenvalue weighted by molar-refractivity contribution is 6.35. The van der Waals surface area contributed by atoms with Crippen LogP contribution in [0.4, 0.5) is 11.4 Å². The number of halogens is 1. The summed E-state index contributed by atoms with van der Waals surface area (Å²) in [7, 11) is 0. The quantitative estimate of drug-likeness (QED) is 0.837. The third-order valence-corrected chi connectivity index (χ3v) is 3.72. The predicted octanol–water partition coefficient (Wildman–Crippen LogP) is 4.05. The average Bonchev–Trinajstić information content (AvgIpc) is 2.42. The van der Waals surface area contributed by atoms with Crippen LogP contribution in [0.25, 0.3) is 0 Å². The van der Waals surface area contributed by atoms with Crippen molar-refractivity contribution in [3.8, 4) is 0 Å². The molecule has 2 aromatic rings. The van der Waals surface area contributed by atoms with E-state index in [1.165, 1.54) is 0 Å². The molecule has 0 aromatic heterocycles. The molecule has 4 heteroatoms. The van der Waals surface area contributed by atoms with E-state index in [0.717, 1.165) is 17.5 Å². The van der Waals surface area contributed by atoms with Crippen LogP contribution in [0.15, 0.2) is 36.4 Å². The zero-order valence-electron chi connectivity index (χ0n) is 11.5. The number of nitrogens with one attached hydrogen (secondary N) is 1. The summed E-state index contributed by atoms with van der Waals surface area (Å²) in [5.74, 6) is -0.234. The van der Waals surface area contributed by atoms with Crippen molar-refractivity contribution >= 4 is 28.9 Å². The Morgan fingerprint density at radius 3 is 2.70 bits per heavy atom. The van der Waals surface area contributed by atoms with Crippen LogP contribution in [0.1, 0.15) is 28.4 Å². The molecule has 0 saturated carbocycles. The molecule has 3 nitrogen and oxygen atoms in total. The van der Waals surface area contributed by atoms with E-state index < -0.39 is 0 Å². The van der Waals surface area contributed by atoms with Crippen molar-refractivity contribution in [3.05, 3.63) is 58.1 Å². The Bertz CT molecular complexity index is 653. The zero-order valence-corrected chi connectivity index (χ0v) is 12.3. The summed E-state index contributed by atoms with van der Waals surface area (Å²) >= 11 is 6.15. The second-order valence-corrected chi connectivity index (χ2v) is 5.04. The number of amides is 1. The van der Waals surface area contributed by atoms with Crippen LogP contribution in [0.5, 0.6) is 0 Å². The van der Waals surface area contributed by atoms with Crippen LogP contribution in [0, 0.1) is 6.92 Å². The summed E-state index contributed by atoms with van der Waals surface area (Å²) in [5, 5.41) is 3.29. The molecular weight excluding hydrogens is 272 g/mol. The Balaban J connectivity index is 2.24. The molecule has 0 fully saturated rings. The molecule has 0 unspecified atom stereocenters. The fourth-order valence-corrected chi connectivity index (χ4v) is 2.23. The molecule has 0 bridgehead atoms. The van der Waals surface area contributed by atoms with E-state index in [0.29, 0.717) is 22.0 Å². The highest BCUT2D eigenvalue weighted by atomic mass is 35.5. The minimum absolute atomic E-state index is 0.234. The number of hydrogen-bond acceptors (Lipinski definition) is 2. The van der Waals surface area contributed by atoms with Gasteiger partial charge in [-0.05, 0) is 42.7 Å². The van der Waals surface area contributed by atoms with Crippen molar-refractivity contribution in [1.82, 2.24) is 0 Å². The van der Waals surface area contributed by atoms with Gasteiger partial charge in [-0.25, -0.2) is 0 Å². The first-order valence-corrected chi connectivity index (χ1v) is 6.85. The van der Waals surface area contributed by atoms with Crippen molar-refractivity contribution in [2.45, 2.75) is 20.3 Å². The van der Waals surface area contributed by atoms with E-state index in [-0.39, 0.29) is 5.91 Å². The van der Waals surface area contributed by atoms with E-state index in [4.69, 9.17) is 17.3 Å². The van der Waals surface area contributed by atoms with Gasteiger partial charge < -0.3 is 11.1 Å². The van der Waals surface area contributed by atoms with Crippen LogP contribution < -0.4 is 11.1 Å². The van der Waals surface area contributed by atoms with Crippen LogP contribution in [-0.4, -0.2) is 5.91 Å². The Hall–Kier alpha value is -2.00. The monoisotopic (exact) mass is 288 g/mol. The molecule has 2 aromatic carbocycles. The molecule has 20 heavy (non-hydrogen) atoms. The van der Waals surface area contributed by atoms with Crippen molar-refractivity contribution < 1.29 is 4.79 Å². The van der Waals surface area contributed by atoms with Crippen molar-refractivity contribution in [2.24, 2.45) is 0 Å². The Kier molecular flexibility index (Phi) is 4.30. The predicted molar refractivity (Wildman–Crippen MR) is 84.4 cm³/mol. The SMILES string of the molecule is CCc1ccc(NC(=O)c2cccc(C)c2Cl)cc1N. The molecule has 0 saturated heterocycles. The van der Waals surface area contributed by atoms with Gasteiger partial charge in [-0.3, -0.25) is 4.79 Å². The standard InChI is InChI=1S/C16H17ClN2O/c1-3-11-7-8-12(9-14(11)18)19-16(20)13-6-4-5-10(2)15(13)17/h4-9H,3,18H2,1-2H3,(H,19,20). The highest BCUT2D eigenvalue weighted by Gasteiger charge is 2.12. The van der Waals surface area contributed by atoms with Crippen LogP contribution in [0.2, 0.25) is 5.02 Å². The maximum absolute atomic E-state index is 12.2. The lowest BCUT2D eigenvalue weighted by molar-refractivity contribution is 0.102. The summed E-state index contributed by atoms with van der Waals surface area (Å²) in [5.41, 5.74) is 9.68. The lowest BCUT2D eigenvalue weighted by Crippen LogP contribution is -2.13. The van der Waals surface area contributed by atoms with E-state index >= 15 is 0 Å². The molecule has 0 heterocycles. The Labute approximate surface area is 123 Å². The molecule has 104 valence electrons. The Morgan fingerprint density at radius 2 is 2.05 bits per heavy atom. The van der Waals surface area contributed by atoms with Gasteiger partial charge in [0.15, 0.2) is 0 Å². The van der Waals surface area contributed by atoms with Crippen LogP contribution >= 0.6 is 11.6 Å².